The summed E-state index contributed by atoms with van der Waals surface area (Å²) in [4.78, 5) is 34.4. The lowest BCUT2D eigenvalue weighted by atomic mass is 10.1. The molecule has 22 heavy (non-hydrogen) atoms. The molecule has 0 spiro atoms. The Morgan fingerprint density at radius 2 is 1.95 bits per heavy atom. The molecule has 0 aliphatic heterocycles. The molecular weight excluding hydrogens is 286 g/mol. The fraction of sp³-hybridized carbons (Fsp3) is 0.267. The molecule has 0 aliphatic carbocycles. The van der Waals surface area contributed by atoms with Crippen LogP contribution >= 0.6 is 0 Å². The van der Waals surface area contributed by atoms with Crippen LogP contribution in [-0.4, -0.2) is 33.9 Å². The Labute approximate surface area is 127 Å². The Hall–Kier alpha value is -2.83. The highest BCUT2D eigenvalue weighted by atomic mass is 16.4. The maximum atomic E-state index is 10.5. The predicted molar refractivity (Wildman–Crippen MR) is 82.0 cm³/mol. The molecule has 7 heteroatoms. The lowest BCUT2D eigenvalue weighted by Gasteiger charge is -2.11. The zero-order valence-electron chi connectivity index (χ0n) is 12.2. The number of H-pyrrole nitrogens is 1. The number of rotatable bonds is 5. The number of nitrogens with two attached hydrogens (primary N) is 1. The van der Waals surface area contributed by atoms with Crippen LogP contribution in [0.15, 0.2) is 36.5 Å². The van der Waals surface area contributed by atoms with Crippen LogP contribution in [-0.2, 0) is 14.4 Å². The van der Waals surface area contributed by atoms with Gasteiger partial charge in [0.2, 0.25) is 11.8 Å². The van der Waals surface area contributed by atoms with Crippen molar-refractivity contribution >= 4 is 28.7 Å². The van der Waals surface area contributed by atoms with Crippen LogP contribution in [0.1, 0.15) is 19.8 Å². The van der Waals surface area contributed by atoms with Crippen molar-refractivity contribution in [2.45, 2.75) is 25.8 Å². The van der Waals surface area contributed by atoms with Crippen molar-refractivity contribution < 1.29 is 19.5 Å². The SMILES string of the molecule is CC(=O)N[C@@H](CCC(N)=O)C(=O)O.c1ccc2[nH]ccc2c1. The van der Waals surface area contributed by atoms with Gasteiger partial charge < -0.3 is 21.1 Å². The van der Waals surface area contributed by atoms with Crippen molar-refractivity contribution in [3.8, 4) is 0 Å². The molecule has 7 nitrogen and oxygen atoms in total. The minimum Gasteiger partial charge on any atom is -0.480 e. The molecule has 1 aromatic heterocycles. The number of aromatic amines is 1. The average molecular weight is 305 g/mol. The monoisotopic (exact) mass is 305 g/mol. The van der Waals surface area contributed by atoms with E-state index >= 15 is 0 Å². The summed E-state index contributed by atoms with van der Waals surface area (Å²) in [6.07, 6.45) is 1.91. The zero-order chi connectivity index (χ0) is 16.5. The number of carboxylic acid groups (broad SMARTS) is 1. The van der Waals surface area contributed by atoms with Crippen molar-refractivity contribution in [3.63, 3.8) is 0 Å². The summed E-state index contributed by atoms with van der Waals surface area (Å²) in [6, 6.07) is 9.25. The Balaban J connectivity index is 0.000000231. The molecule has 2 rings (SSSR count). The quantitative estimate of drug-likeness (QED) is 0.657. The molecular formula is C15H19N3O4. The van der Waals surface area contributed by atoms with Gasteiger partial charge in [0.05, 0.1) is 0 Å². The minimum atomic E-state index is -1.17. The van der Waals surface area contributed by atoms with E-state index in [1.54, 1.807) is 0 Å². The van der Waals surface area contributed by atoms with Crippen LogP contribution in [0.5, 0.6) is 0 Å². The predicted octanol–water partition coefficient (Wildman–Crippen LogP) is 1.01. The smallest absolute Gasteiger partial charge is 0.326 e. The van der Waals surface area contributed by atoms with E-state index in [-0.39, 0.29) is 12.8 Å². The first kappa shape index (κ1) is 17.2. The summed E-state index contributed by atoms with van der Waals surface area (Å²) in [5.41, 5.74) is 6.03. The third kappa shape index (κ3) is 6.08. The van der Waals surface area contributed by atoms with Crippen LogP contribution in [0.4, 0.5) is 0 Å². The first-order valence-electron chi connectivity index (χ1n) is 6.70. The molecule has 5 N–H and O–H groups in total. The number of hydrogen-bond donors (Lipinski definition) is 4. The molecule has 0 saturated carbocycles. The first-order chi connectivity index (χ1) is 10.4. The number of benzene rings is 1. The second kappa shape index (κ2) is 8.46. The first-order valence-corrected chi connectivity index (χ1v) is 6.70. The van der Waals surface area contributed by atoms with E-state index in [0.29, 0.717) is 0 Å². The van der Waals surface area contributed by atoms with Gasteiger partial charge in [-0.25, -0.2) is 4.79 Å². The van der Waals surface area contributed by atoms with Gasteiger partial charge in [0.15, 0.2) is 0 Å². The van der Waals surface area contributed by atoms with E-state index in [2.05, 4.69) is 28.5 Å². The fourth-order valence-electron chi connectivity index (χ4n) is 1.78. The van der Waals surface area contributed by atoms with Crippen LogP contribution in [0.25, 0.3) is 10.9 Å². The van der Waals surface area contributed by atoms with Crippen LogP contribution in [0.3, 0.4) is 0 Å². The van der Waals surface area contributed by atoms with Gasteiger partial charge in [-0.05, 0) is 23.9 Å². The lowest BCUT2D eigenvalue weighted by Crippen LogP contribution is -2.40. The normalized spacial score (nSPS) is 11.1. The summed E-state index contributed by atoms with van der Waals surface area (Å²) < 4.78 is 0. The second-order valence-corrected chi connectivity index (χ2v) is 4.66. The molecule has 2 aromatic rings. The number of fused-ring (bicyclic) bond motifs is 1. The van der Waals surface area contributed by atoms with E-state index in [4.69, 9.17) is 10.8 Å². The van der Waals surface area contributed by atoms with Gasteiger partial charge in [-0.15, -0.1) is 0 Å². The van der Waals surface area contributed by atoms with Gasteiger partial charge in [-0.2, -0.15) is 0 Å². The number of amides is 2. The highest BCUT2D eigenvalue weighted by Crippen LogP contribution is 2.09. The number of carbonyl (C=O) groups excluding carboxylic acids is 2. The van der Waals surface area contributed by atoms with Crippen molar-refractivity contribution in [2.75, 3.05) is 0 Å². The van der Waals surface area contributed by atoms with E-state index in [1.807, 2.05) is 18.3 Å². The van der Waals surface area contributed by atoms with Gasteiger partial charge in [0.1, 0.15) is 6.04 Å². The van der Waals surface area contributed by atoms with Gasteiger partial charge in [-0.3, -0.25) is 9.59 Å². The summed E-state index contributed by atoms with van der Waals surface area (Å²) >= 11 is 0. The number of hydrogen-bond acceptors (Lipinski definition) is 3. The van der Waals surface area contributed by atoms with E-state index in [1.165, 1.54) is 17.8 Å². The highest BCUT2D eigenvalue weighted by Gasteiger charge is 2.18. The fourth-order valence-corrected chi connectivity index (χ4v) is 1.78. The Morgan fingerprint density at radius 3 is 2.50 bits per heavy atom. The Kier molecular flexibility index (Phi) is 6.62. The lowest BCUT2D eigenvalue weighted by molar-refractivity contribution is -0.141. The van der Waals surface area contributed by atoms with Crippen molar-refractivity contribution in [3.05, 3.63) is 36.5 Å². The largest absolute Gasteiger partial charge is 0.480 e. The number of nitrogens with one attached hydrogen (secondary N) is 2. The number of carbonyl (C=O) groups is 3. The van der Waals surface area contributed by atoms with E-state index < -0.39 is 23.8 Å². The van der Waals surface area contributed by atoms with Gasteiger partial charge in [-0.1, -0.05) is 18.2 Å². The molecule has 0 aliphatic rings. The summed E-state index contributed by atoms with van der Waals surface area (Å²) in [6.45, 7) is 1.21. The topological polar surface area (TPSA) is 125 Å². The number of aromatic nitrogens is 1. The van der Waals surface area contributed by atoms with Gasteiger partial charge in [0, 0.05) is 25.1 Å². The molecule has 118 valence electrons. The number of carboxylic acids is 1. The maximum absolute atomic E-state index is 10.5. The second-order valence-electron chi connectivity index (χ2n) is 4.66. The van der Waals surface area contributed by atoms with E-state index in [9.17, 15) is 14.4 Å². The third-order valence-corrected chi connectivity index (χ3v) is 2.82. The molecule has 0 radical (unpaired) electrons. The van der Waals surface area contributed by atoms with E-state index in [0.717, 1.165) is 0 Å². The summed E-state index contributed by atoms with van der Waals surface area (Å²) in [7, 11) is 0. The number of primary amides is 1. The third-order valence-electron chi connectivity index (χ3n) is 2.82. The molecule has 0 unspecified atom stereocenters. The Morgan fingerprint density at radius 1 is 1.27 bits per heavy atom. The molecule has 1 atom stereocenters. The van der Waals surface area contributed by atoms with Gasteiger partial charge in [0.25, 0.3) is 0 Å². The molecule has 0 fully saturated rings. The highest BCUT2D eigenvalue weighted by molar-refractivity contribution is 5.83. The van der Waals surface area contributed by atoms with Gasteiger partial charge >= 0.3 is 5.97 Å². The molecule has 1 heterocycles. The number of aliphatic carboxylic acids is 1. The molecule has 1 aromatic carbocycles. The zero-order valence-corrected chi connectivity index (χ0v) is 12.2. The van der Waals surface area contributed by atoms with Crippen molar-refractivity contribution in [1.29, 1.82) is 0 Å². The Bertz CT molecular complexity index is 621. The average Bonchev–Trinajstić information content (AvgIpc) is 2.91. The van der Waals surface area contributed by atoms with Crippen LogP contribution < -0.4 is 11.1 Å². The summed E-state index contributed by atoms with van der Waals surface area (Å²) in [5.74, 6) is -2.20. The molecule has 0 saturated heterocycles. The molecule has 2 amide bonds. The standard InChI is InChI=1S/C8H7N.C7H12N2O4/c1-2-4-8-7(3-1)5-6-9-8;1-4(10)9-5(7(12)13)2-3-6(8)11/h1-6,9H;5H,2-3H2,1H3,(H2,8,11)(H,9,10)(H,12,13)/t;5-/m.0/s1. The minimum absolute atomic E-state index is 0.0181. The number of para-hydroxylation sites is 1. The molecule has 0 bridgehead atoms. The van der Waals surface area contributed by atoms with Crippen LogP contribution in [0, 0.1) is 0 Å². The van der Waals surface area contributed by atoms with Crippen LogP contribution in [0.2, 0.25) is 0 Å². The maximum Gasteiger partial charge on any atom is 0.326 e. The van der Waals surface area contributed by atoms with Crippen molar-refractivity contribution in [1.82, 2.24) is 10.3 Å². The summed E-state index contributed by atoms with van der Waals surface area (Å²) in [5, 5.41) is 12.0. The van der Waals surface area contributed by atoms with Crippen molar-refractivity contribution in [2.24, 2.45) is 5.73 Å².